The number of carbonyl (C=O) groups excluding carboxylic acids is 1. The number of rotatable bonds is 8. The molecule has 6 heteroatoms. The molecule has 3 aromatic carbocycles. The number of amides is 1. The Kier molecular flexibility index (Phi) is 7.02. The monoisotopic (exact) mass is 429 g/mol. The van der Waals surface area contributed by atoms with Crippen LogP contribution in [0.2, 0.25) is 0 Å². The molecular formula is C26H27N3O3. The molecule has 1 aliphatic rings. The van der Waals surface area contributed by atoms with Gasteiger partial charge in [0, 0.05) is 24.3 Å². The van der Waals surface area contributed by atoms with Crippen molar-refractivity contribution in [1.82, 2.24) is 5.43 Å². The van der Waals surface area contributed by atoms with Crippen LogP contribution in [0.1, 0.15) is 34.3 Å². The van der Waals surface area contributed by atoms with Gasteiger partial charge in [0.2, 0.25) is 0 Å². The molecule has 0 aliphatic carbocycles. The zero-order chi connectivity index (χ0) is 22.2. The van der Waals surface area contributed by atoms with Crippen LogP contribution in [-0.2, 0) is 6.61 Å². The van der Waals surface area contributed by atoms with Crippen molar-refractivity contribution in [3.8, 4) is 11.5 Å². The fraction of sp³-hybridized carbons (Fsp3) is 0.231. The third-order valence-corrected chi connectivity index (χ3v) is 5.41. The molecule has 32 heavy (non-hydrogen) atoms. The first-order valence-corrected chi connectivity index (χ1v) is 10.8. The number of hydrazone groups is 1. The third kappa shape index (κ3) is 5.46. The van der Waals surface area contributed by atoms with Crippen LogP contribution in [0.4, 0.5) is 5.69 Å². The van der Waals surface area contributed by atoms with Crippen molar-refractivity contribution in [2.45, 2.75) is 19.4 Å². The zero-order valence-electron chi connectivity index (χ0n) is 18.2. The molecule has 1 saturated heterocycles. The van der Waals surface area contributed by atoms with Crippen molar-refractivity contribution in [2.75, 3.05) is 25.1 Å². The highest BCUT2D eigenvalue weighted by Crippen LogP contribution is 2.28. The first-order valence-electron chi connectivity index (χ1n) is 10.8. The molecule has 0 aromatic heterocycles. The number of nitrogens with one attached hydrogen (secondary N) is 1. The number of ether oxygens (including phenoxy) is 2. The van der Waals surface area contributed by atoms with E-state index in [2.05, 4.69) is 15.4 Å². The van der Waals surface area contributed by atoms with E-state index in [1.165, 1.54) is 12.8 Å². The molecule has 0 spiro atoms. The molecule has 1 fully saturated rings. The van der Waals surface area contributed by atoms with Crippen molar-refractivity contribution in [3.63, 3.8) is 0 Å². The number of carbonyl (C=O) groups is 1. The Morgan fingerprint density at radius 2 is 1.75 bits per heavy atom. The average molecular weight is 430 g/mol. The Hall–Kier alpha value is -3.80. The number of hydrogen-bond donors (Lipinski definition) is 1. The summed E-state index contributed by atoms with van der Waals surface area (Å²) in [7, 11) is 1.60. The van der Waals surface area contributed by atoms with Gasteiger partial charge in [-0.3, -0.25) is 4.79 Å². The van der Waals surface area contributed by atoms with E-state index >= 15 is 0 Å². The van der Waals surface area contributed by atoms with Crippen LogP contribution < -0.4 is 19.8 Å². The summed E-state index contributed by atoms with van der Waals surface area (Å²) in [6, 6.07) is 23.1. The first-order chi connectivity index (χ1) is 15.7. The van der Waals surface area contributed by atoms with Crippen molar-refractivity contribution in [3.05, 3.63) is 89.5 Å². The van der Waals surface area contributed by atoms with E-state index in [-0.39, 0.29) is 5.91 Å². The largest absolute Gasteiger partial charge is 0.493 e. The smallest absolute Gasteiger partial charge is 0.271 e. The Morgan fingerprint density at radius 3 is 2.47 bits per heavy atom. The standard InChI is InChI=1S/C26H27N3O3/c1-31-24-14-9-21(17-25(24)32-19-20-7-3-2-4-8-20)18-27-28-26(30)22-10-12-23(13-11-22)29-15-5-6-16-29/h2-4,7-14,17-18H,5-6,15-16,19H2,1H3,(H,28,30)/b27-18-. The lowest BCUT2D eigenvalue weighted by Crippen LogP contribution is -2.19. The Bertz CT molecular complexity index is 1060. The number of hydrogen-bond acceptors (Lipinski definition) is 5. The van der Waals surface area contributed by atoms with Crippen LogP contribution in [0.25, 0.3) is 0 Å². The van der Waals surface area contributed by atoms with Gasteiger partial charge < -0.3 is 14.4 Å². The van der Waals surface area contributed by atoms with Gasteiger partial charge in [0.1, 0.15) is 6.61 Å². The molecule has 3 aromatic rings. The Balaban J connectivity index is 1.36. The highest BCUT2D eigenvalue weighted by Gasteiger charge is 2.13. The number of benzene rings is 3. The van der Waals surface area contributed by atoms with Crippen molar-refractivity contribution in [1.29, 1.82) is 0 Å². The summed E-state index contributed by atoms with van der Waals surface area (Å²) in [6.45, 7) is 2.59. The predicted molar refractivity (Wildman–Crippen MR) is 127 cm³/mol. The molecule has 0 radical (unpaired) electrons. The van der Waals surface area contributed by atoms with Crippen molar-refractivity contribution >= 4 is 17.8 Å². The van der Waals surface area contributed by atoms with Gasteiger partial charge in [0.05, 0.1) is 13.3 Å². The molecular weight excluding hydrogens is 402 g/mol. The maximum atomic E-state index is 12.4. The average Bonchev–Trinajstić information content (AvgIpc) is 3.39. The highest BCUT2D eigenvalue weighted by atomic mass is 16.5. The predicted octanol–water partition coefficient (Wildman–Crippen LogP) is 4.64. The van der Waals surface area contributed by atoms with Crippen LogP contribution in [0.15, 0.2) is 77.9 Å². The van der Waals surface area contributed by atoms with Gasteiger partial charge in [0.25, 0.3) is 5.91 Å². The molecule has 1 amide bonds. The van der Waals surface area contributed by atoms with Crippen LogP contribution in [0.5, 0.6) is 11.5 Å². The maximum Gasteiger partial charge on any atom is 0.271 e. The van der Waals surface area contributed by atoms with E-state index < -0.39 is 0 Å². The fourth-order valence-corrected chi connectivity index (χ4v) is 3.65. The van der Waals surface area contributed by atoms with Crippen molar-refractivity contribution in [2.24, 2.45) is 5.10 Å². The lowest BCUT2D eigenvalue weighted by atomic mass is 10.2. The van der Waals surface area contributed by atoms with Crippen molar-refractivity contribution < 1.29 is 14.3 Å². The lowest BCUT2D eigenvalue weighted by molar-refractivity contribution is 0.0955. The quantitative estimate of drug-likeness (QED) is 0.419. The van der Waals surface area contributed by atoms with Gasteiger partial charge in [0.15, 0.2) is 11.5 Å². The first kappa shape index (κ1) is 21.4. The number of methoxy groups -OCH3 is 1. The SMILES string of the molecule is COc1ccc(/C=N\NC(=O)c2ccc(N3CCCC3)cc2)cc1OCc1ccccc1. The molecule has 4 rings (SSSR count). The van der Waals surface area contributed by atoms with Crippen LogP contribution in [0, 0.1) is 0 Å². The van der Waals surface area contributed by atoms with Gasteiger partial charge in [-0.1, -0.05) is 30.3 Å². The van der Waals surface area contributed by atoms with Gasteiger partial charge >= 0.3 is 0 Å². The van der Waals surface area contributed by atoms with Gasteiger partial charge in [-0.15, -0.1) is 0 Å². The van der Waals surface area contributed by atoms with Gasteiger partial charge in [-0.2, -0.15) is 5.10 Å². The molecule has 1 heterocycles. The molecule has 6 nitrogen and oxygen atoms in total. The second-order valence-corrected chi connectivity index (χ2v) is 7.62. The summed E-state index contributed by atoms with van der Waals surface area (Å²) in [5.74, 6) is 1.01. The molecule has 0 bridgehead atoms. The van der Waals surface area contributed by atoms with E-state index in [1.54, 1.807) is 13.3 Å². The van der Waals surface area contributed by atoms with Crippen LogP contribution >= 0.6 is 0 Å². The Labute approximate surface area is 188 Å². The zero-order valence-corrected chi connectivity index (χ0v) is 18.2. The fourth-order valence-electron chi connectivity index (χ4n) is 3.65. The number of anilines is 1. The summed E-state index contributed by atoms with van der Waals surface area (Å²) in [5, 5.41) is 4.10. The van der Waals surface area contributed by atoms with Gasteiger partial charge in [-0.05, 0) is 66.4 Å². The minimum atomic E-state index is -0.247. The van der Waals surface area contributed by atoms with Crippen LogP contribution in [-0.4, -0.2) is 32.3 Å². The molecule has 0 saturated carbocycles. The molecule has 0 unspecified atom stereocenters. The summed E-state index contributed by atoms with van der Waals surface area (Å²) >= 11 is 0. The minimum absolute atomic E-state index is 0.247. The number of nitrogens with zero attached hydrogens (tertiary/aromatic N) is 2. The summed E-state index contributed by atoms with van der Waals surface area (Å²) in [5.41, 5.74) is 6.18. The molecule has 0 atom stereocenters. The summed E-state index contributed by atoms with van der Waals surface area (Å²) in [6.07, 6.45) is 4.04. The Morgan fingerprint density at radius 1 is 1.00 bits per heavy atom. The normalized spacial score (nSPS) is 13.3. The highest BCUT2D eigenvalue weighted by molar-refractivity contribution is 5.95. The molecule has 1 N–H and O–H groups in total. The molecule has 164 valence electrons. The van der Waals surface area contributed by atoms with Gasteiger partial charge in [-0.25, -0.2) is 5.43 Å². The topological polar surface area (TPSA) is 63.2 Å². The molecule has 1 aliphatic heterocycles. The van der Waals surface area contributed by atoms with E-state index in [0.717, 1.165) is 29.9 Å². The second kappa shape index (κ2) is 10.5. The van der Waals surface area contributed by atoms with E-state index in [1.807, 2.05) is 72.8 Å². The maximum absolute atomic E-state index is 12.4. The lowest BCUT2D eigenvalue weighted by Gasteiger charge is -2.17. The third-order valence-electron chi connectivity index (χ3n) is 5.41. The summed E-state index contributed by atoms with van der Waals surface area (Å²) in [4.78, 5) is 14.7. The van der Waals surface area contributed by atoms with E-state index in [4.69, 9.17) is 9.47 Å². The van der Waals surface area contributed by atoms with E-state index in [0.29, 0.717) is 23.7 Å². The van der Waals surface area contributed by atoms with E-state index in [9.17, 15) is 4.79 Å². The second-order valence-electron chi connectivity index (χ2n) is 7.62. The van der Waals surface area contributed by atoms with Crippen LogP contribution in [0.3, 0.4) is 0 Å². The minimum Gasteiger partial charge on any atom is -0.493 e. The summed E-state index contributed by atoms with van der Waals surface area (Å²) < 4.78 is 11.3.